The van der Waals surface area contributed by atoms with E-state index in [1.165, 1.54) is 36.2 Å². The molecule has 4 rings (SSSR count). The van der Waals surface area contributed by atoms with Crippen molar-refractivity contribution in [1.82, 2.24) is 20.3 Å². The van der Waals surface area contributed by atoms with Gasteiger partial charge in [0, 0.05) is 37.2 Å². The van der Waals surface area contributed by atoms with Crippen LogP contribution in [0.5, 0.6) is 0 Å². The Balaban J connectivity index is 1.84. The Labute approximate surface area is 118 Å². The van der Waals surface area contributed by atoms with E-state index in [9.17, 15) is 0 Å². The third-order valence-electron chi connectivity index (χ3n) is 4.35. The summed E-state index contributed by atoms with van der Waals surface area (Å²) < 4.78 is 0. The largest absolute Gasteiger partial charge is 0.312 e. The van der Waals surface area contributed by atoms with Crippen molar-refractivity contribution in [2.75, 3.05) is 6.54 Å². The maximum Gasteiger partial charge on any atom is 0.178 e. The zero-order valence-electron chi connectivity index (χ0n) is 11.5. The summed E-state index contributed by atoms with van der Waals surface area (Å²) in [5, 5.41) is 3.45. The summed E-state index contributed by atoms with van der Waals surface area (Å²) >= 11 is 0. The lowest BCUT2D eigenvalue weighted by atomic mass is 9.80. The number of aromatic nitrogens is 3. The van der Waals surface area contributed by atoms with E-state index < -0.39 is 0 Å². The number of rotatable bonds is 2. The molecule has 1 aliphatic heterocycles. The number of fused-ring (bicyclic) bond motifs is 1. The first-order valence-electron chi connectivity index (χ1n) is 7.43. The summed E-state index contributed by atoms with van der Waals surface area (Å²) in [6.07, 6.45) is 6.67. The van der Waals surface area contributed by atoms with Gasteiger partial charge in [-0.15, -0.1) is 0 Å². The van der Waals surface area contributed by atoms with Crippen molar-refractivity contribution in [3.8, 4) is 11.5 Å². The van der Waals surface area contributed by atoms with E-state index in [1.54, 1.807) is 0 Å². The van der Waals surface area contributed by atoms with E-state index >= 15 is 0 Å². The first kappa shape index (κ1) is 12.0. The fourth-order valence-electron chi connectivity index (χ4n) is 3.00. The molecule has 102 valence electrons. The van der Waals surface area contributed by atoms with Gasteiger partial charge in [-0.3, -0.25) is 4.98 Å². The molecule has 4 heteroatoms. The molecule has 1 N–H and O–H groups in total. The van der Waals surface area contributed by atoms with Crippen molar-refractivity contribution in [3.05, 3.63) is 41.3 Å². The molecule has 0 amide bonds. The van der Waals surface area contributed by atoms with Gasteiger partial charge in [-0.2, -0.15) is 0 Å². The Morgan fingerprint density at radius 2 is 2.10 bits per heavy atom. The lowest BCUT2D eigenvalue weighted by Crippen LogP contribution is -2.28. The van der Waals surface area contributed by atoms with E-state index in [1.807, 2.05) is 24.4 Å². The molecule has 2 aliphatic rings. The monoisotopic (exact) mass is 266 g/mol. The molecule has 0 radical (unpaired) electrons. The van der Waals surface area contributed by atoms with Crippen LogP contribution >= 0.6 is 0 Å². The number of hydrogen-bond acceptors (Lipinski definition) is 4. The normalized spacial score (nSPS) is 18.4. The predicted octanol–water partition coefficient (Wildman–Crippen LogP) is 2.45. The van der Waals surface area contributed by atoms with E-state index in [-0.39, 0.29) is 0 Å². The lowest BCUT2D eigenvalue weighted by Gasteiger charge is -2.29. The Kier molecular flexibility index (Phi) is 2.96. The second kappa shape index (κ2) is 4.94. The Morgan fingerprint density at radius 3 is 2.85 bits per heavy atom. The fraction of sp³-hybridized carbons (Fsp3) is 0.438. The van der Waals surface area contributed by atoms with Crippen LogP contribution in [0.1, 0.15) is 42.1 Å². The lowest BCUT2D eigenvalue weighted by molar-refractivity contribution is 0.404. The molecule has 0 saturated heterocycles. The molecular formula is C16H18N4. The van der Waals surface area contributed by atoms with Crippen molar-refractivity contribution < 1.29 is 0 Å². The van der Waals surface area contributed by atoms with Crippen LogP contribution in [0.2, 0.25) is 0 Å². The molecule has 0 unspecified atom stereocenters. The minimum Gasteiger partial charge on any atom is -0.312 e. The highest BCUT2D eigenvalue weighted by molar-refractivity contribution is 5.51. The van der Waals surface area contributed by atoms with Gasteiger partial charge >= 0.3 is 0 Å². The molecule has 20 heavy (non-hydrogen) atoms. The van der Waals surface area contributed by atoms with Crippen molar-refractivity contribution in [3.63, 3.8) is 0 Å². The van der Waals surface area contributed by atoms with E-state index in [2.05, 4.69) is 10.3 Å². The van der Waals surface area contributed by atoms with Crippen LogP contribution in [-0.4, -0.2) is 21.5 Å². The topological polar surface area (TPSA) is 50.7 Å². The van der Waals surface area contributed by atoms with Crippen LogP contribution in [0, 0.1) is 0 Å². The second-order valence-electron chi connectivity index (χ2n) is 5.63. The van der Waals surface area contributed by atoms with Crippen LogP contribution < -0.4 is 5.32 Å². The van der Waals surface area contributed by atoms with Crippen molar-refractivity contribution in [1.29, 1.82) is 0 Å². The summed E-state index contributed by atoms with van der Waals surface area (Å²) in [5.41, 5.74) is 4.73. The van der Waals surface area contributed by atoms with Gasteiger partial charge in [-0.05, 0) is 25.0 Å². The van der Waals surface area contributed by atoms with Crippen LogP contribution in [0.4, 0.5) is 0 Å². The molecule has 1 saturated carbocycles. The Bertz CT molecular complexity index is 620. The smallest absolute Gasteiger partial charge is 0.178 e. The quantitative estimate of drug-likeness (QED) is 0.907. The van der Waals surface area contributed by atoms with Gasteiger partial charge in [-0.1, -0.05) is 12.5 Å². The van der Waals surface area contributed by atoms with Crippen LogP contribution in [0.15, 0.2) is 24.4 Å². The summed E-state index contributed by atoms with van der Waals surface area (Å²) in [6, 6.07) is 5.92. The third-order valence-corrected chi connectivity index (χ3v) is 4.35. The van der Waals surface area contributed by atoms with E-state index in [4.69, 9.17) is 9.97 Å². The van der Waals surface area contributed by atoms with Crippen molar-refractivity contribution in [2.45, 2.75) is 38.1 Å². The first-order chi connectivity index (χ1) is 9.92. The molecule has 0 aromatic carbocycles. The highest BCUT2D eigenvalue weighted by Gasteiger charge is 2.27. The van der Waals surface area contributed by atoms with Crippen LogP contribution in [-0.2, 0) is 13.0 Å². The summed E-state index contributed by atoms with van der Waals surface area (Å²) in [6.45, 7) is 1.93. The highest BCUT2D eigenvalue weighted by Crippen LogP contribution is 2.38. The standard InChI is InChI=1S/C16H18N4/c1-2-8-18-14(6-1)16-19-13-7-9-17-10-12(13)15(20-16)11-4-3-5-11/h1-2,6,8,11,17H,3-5,7,9-10H2. The summed E-state index contributed by atoms with van der Waals surface area (Å²) in [5.74, 6) is 1.43. The van der Waals surface area contributed by atoms with Gasteiger partial charge in [-0.25, -0.2) is 9.97 Å². The fourth-order valence-corrected chi connectivity index (χ4v) is 3.00. The summed E-state index contributed by atoms with van der Waals surface area (Å²) in [7, 11) is 0. The maximum absolute atomic E-state index is 4.86. The van der Waals surface area contributed by atoms with Gasteiger partial charge in [0.15, 0.2) is 5.82 Å². The van der Waals surface area contributed by atoms with E-state index in [0.29, 0.717) is 5.92 Å². The molecule has 1 fully saturated rings. The molecule has 1 aliphatic carbocycles. The molecule has 2 aromatic heterocycles. The average Bonchev–Trinajstić information content (AvgIpc) is 2.46. The van der Waals surface area contributed by atoms with Crippen molar-refractivity contribution in [2.24, 2.45) is 0 Å². The zero-order valence-corrected chi connectivity index (χ0v) is 11.5. The Hall–Kier alpha value is -1.81. The Morgan fingerprint density at radius 1 is 1.15 bits per heavy atom. The molecule has 2 aromatic rings. The summed E-state index contributed by atoms with van der Waals surface area (Å²) in [4.78, 5) is 14.0. The van der Waals surface area contributed by atoms with E-state index in [0.717, 1.165) is 31.0 Å². The van der Waals surface area contributed by atoms with Gasteiger partial charge < -0.3 is 5.32 Å². The highest BCUT2D eigenvalue weighted by atomic mass is 15.0. The van der Waals surface area contributed by atoms with Crippen LogP contribution in [0.3, 0.4) is 0 Å². The first-order valence-corrected chi connectivity index (χ1v) is 7.43. The second-order valence-corrected chi connectivity index (χ2v) is 5.63. The van der Waals surface area contributed by atoms with Gasteiger partial charge in [0.05, 0.1) is 11.4 Å². The number of nitrogens with one attached hydrogen (secondary N) is 1. The molecule has 0 spiro atoms. The SMILES string of the molecule is c1ccc(-c2nc3c(c(C4CCC4)n2)CNCC3)nc1. The van der Waals surface area contributed by atoms with Crippen LogP contribution in [0.25, 0.3) is 11.5 Å². The average molecular weight is 266 g/mol. The minimum atomic E-state index is 0.633. The molecular weight excluding hydrogens is 248 g/mol. The number of pyridine rings is 1. The maximum atomic E-state index is 4.86. The van der Waals surface area contributed by atoms with Crippen molar-refractivity contribution >= 4 is 0 Å². The number of hydrogen-bond donors (Lipinski definition) is 1. The molecule has 0 atom stereocenters. The molecule has 0 bridgehead atoms. The number of nitrogens with zero attached hydrogens (tertiary/aromatic N) is 3. The minimum absolute atomic E-state index is 0.633. The van der Waals surface area contributed by atoms with Gasteiger partial charge in [0.25, 0.3) is 0 Å². The third kappa shape index (κ3) is 2.00. The zero-order chi connectivity index (χ0) is 13.4. The predicted molar refractivity (Wildman–Crippen MR) is 77.3 cm³/mol. The van der Waals surface area contributed by atoms with Gasteiger partial charge in [0.1, 0.15) is 5.69 Å². The molecule has 4 nitrogen and oxygen atoms in total. The van der Waals surface area contributed by atoms with Gasteiger partial charge in [0.2, 0.25) is 0 Å². The molecule has 3 heterocycles.